The lowest BCUT2D eigenvalue weighted by molar-refractivity contribution is 0.584. The highest BCUT2D eigenvalue weighted by atomic mass is 32.2. The number of sulfonamides is 1. The standard InChI is InChI=1S/C16H15N3O2S4/c20-25(21,14-9-5-2-6-10-14)17-11-12-23-15-18-19(16(22)24-15)13-7-3-1-4-8-13/h1-10,17H,11-12H2. The number of nitrogens with zero attached hydrogens (tertiary/aromatic N) is 2. The average Bonchev–Trinajstić information content (AvgIpc) is 3.01. The number of rotatable bonds is 7. The quantitative estimate of drug-likeness (QED) is 0.366. The second-order valence-corrected chi connectivity index (χ2v) is 9.67. The molecule has 0 saturated heterocycles. The normalized spacial score (nSPS) is 11.5. The summed E-state index contributed by atoms with van der Waals surface area (Å²) in [6, 6.07) is 18.0. The van der Waals surface area contributed by atoms with Gasteiger partial charge in [-0.2, -0.15) is 0 Å². The van der Waals surface area contributed by atoms with Gasteiger partial charge in [-0.1, -0.05) is 59.5 Å². The first-order valence-electron chi connectivity index (χ1n) is 7.39. The predicted molar refractivity (Wildman–Crippen MR) is 105 cm³/mol. The molecule has 0 spiro atoms. The molecule has 1 heterocycles. The summed E-state index contributed by atoms with van der Waals surface area (Å²) in [4.78, 5) is 0.268. The predicted octanol–water partition coefficient (Wildman–Crippen LogP) is 3.73. The van der Waals surface area contributed by atoms with E-state index >= 15 is 0 Å². The van der Waals surface area contributed by atoms with E-state index in [2.05, 4.69) is 9.82 Å². The number of para-hydroxylation sites is 1. The van der Waals surface area contributed by atoms with E-state index in [9.17, 15) is 8.42 Å². The Labute approximate surface area is 159 Å². The minimum atomic E-state index is -3.47. The van der Waals surface area contributed by atoms with Crippen LogP contribution in [0.15, 0.2) is 69.9 Å². The summed E-state index contributed by atoms with van der Waals surface area (Å²) >= 11 is 8.25. The molecule has 0 radical (unpaired) electrons. The van der Waals surface area contributed by atoms with E-state index in [1.54, 1.807) is 35.0 Å². The van der Waals surface area contributed by atoms with Crippen molar-refractivity contribution in [2.75, 3.05) is 12.3 Å². The molecule has 0 aliphatic heterocycles. The van der Waals surface area contributed by atoms with Gasteiger partial charge in [0.05, 0.1) is 10.6 Å². The van der Waals surface area contributed by atoms with Crippen molar-refractivity contribution in [3.8, 4) is 5.69 Å². The Bertz CT molecular complexity index is 983. The van der Waals surface area contributed by atoms with E-state index in [0.717, 1.165) is 10.0 Å². The fourth-order valence-electron chi connectivity index (χ4n) is 2.05. The Morgan fingerprint density at radius 2 is 1.72 bits per heavy atom. The first-order chi connectivity index (χ1) is 12.1. The summed E-state index contributed by atoms with van der Waals surface area (Å²) in [6.07, 6.45) is 0. The fourth-order valence-corrected chi connectivity index (χ4v) is 5.52. The van der Waals surface area contributed by atoms with Gasteiger partial charge in [0.2, 0.25) is 10.0 Å². The molecule has 0 saturated carbocycles. The summed E-state index contributed by atoms with van der Waals surface area (Å²) in [5, 5.41) is 4.49. The van der Waals surface area contributed by atoms with Gasteiger partial charge in [-0.15, -0.1) is 5.10 Å². The topological polar surface area (TPSA) is 64.0 Å². The monoisotopic (exact) mass is 409 g/mol. The maximum atomic E-state index is 12.1. The zero-order valence-electron chi connectivity index (χ0n) is 13.0. The molecular formula is C16H15N3O2S4. The first-order valence-corrected chi connectivity index (χ1v) is 11.1. The maximum Gasteiger partial charge on any atom is 0.240 e. The minimum Gasteiger partial charge on any atom is -0.211 e. The van der Waals surface area contributed by atoms with E-state index in [1.165, 1.54) is 23.1 Å². The van der Waals surface area contributed by atoms with Gasteiger partial charge in [-0.3, -0.25) is 0 Å². The van der Waals surface area contributed by atoms with E-state index in [4.69, 9.17) is 12.2 Å². The molecule has 0 aliphatic carbocycles. The number of thioether (sulfide) groups is 1. The molecule has 0 aliphatic rings. The van der Waals surface area contributed by atoms with Crippen molar-refractivity contribution in [1.29, 1.82) is 0 Å². The van der Waals surface area contributed by atoms with Gasteiger partial charge >= 0.3 is 0 Å². The maximum absolute atomic E-state index is 12.1. The Morgan fingerprint density at radius 1 is 1.08 bits per heavy atom. The van der Waals surface area contributed by atoms with Crippen LogP contribution >= 0.6 is 35.3 Å². The highest BCUT2D eigenvalue weighted by Gasteiger charge is 2.12. The third-order valence-electron chi connectivity index (χ3n) is 3.20. The summed E-state index contributed by atoms with van der Waals surface area (Å²) in [5.41, 5.74) is 0.917. The van der Waals surface area contributed by atoms with Gasteiger partial charge in [0, 0.05) is 12.3 Å². The van der Waals surface area contributed by atoms with Gasteiger partial charge in [0.15, 0.2) is 8.29 Å². The van der Waals surface area contributed by atoms with Crippen LogP contribution in [0.1, 0.15) is 0 Å². The van der Waals surface area contributed by atoms with E-state index in [0.29, 0.717) is 16.3 Å². The van der Waals surface area contributed by atoms with Gasteiger partial charge in [-0.25, -0.2) is 17.8 Å². The highest BCUT2D eigenvalue weighted by molar-refractivity contribution is 8.01. The molecule has 0 fully saturated rings. The van der Waals surface area contributed by atoms with Crippen molar-refractivity contribution in [1.82, 2.24) is 14.5 Å². The Hall–Kier alpha value is -1.52. The molecule has 130 valence electrons. The second kappa shape index (κ2) is 8.24. The lowest BCUT2D eigenvalue weighted by Gasteiger charge is -2.05. The van der Waals surface area contributed by atoms with Crippen molar-refractivity contribution >= 4 is 45.3 Å². The van der Waals surface area contributed by atoms with Crippen molar-refractivity contribution in [3.05, 3.63) is 64.6 Å². The summed E-state index contributed by atoms with van der Waals surface area (Å²) < 4.78 is 30.1. The number of hydrogen-bond acceptors (Lipinski definition) is 6. The molecule has 0 atom stereocenters. The molecule has 0 amide bonds. The van der Waals surface area contributed by atoms with Gasteiger partial charge < -0.3 is 0 Å². The SMILES string of the molecule is O=S(=O)(NCCSc1nn(-c2ccccc2)c(=S)s1)c1ccccc1. The van der Waals surface area contributed by atoms with Crippen LogP contribution in [-0.4, -0.2) is 30.5 Å². The van der Waals surface area contributed by atoms with Gasteiger partial charge in [0.25, 0.3) is 0 Å². The van der Waals surface area contributed by atoms with Crippen LogP contribution in [0.25, 0.3) is 5.69 Å². The Kier molecular flexibility index (Phi) is 6.02. The van der Waals surface area contributed by atoms with Gasteiger partial charge in [0.1, 0.15) is 0 Å². The van der Waals surface area contributed by atoms with Crippen molar-refractivity contribution < 1.29 is 8.42 Å². The first kappa shape index (κ1) is 18.3. The van der Waals surface area contributed by atoms with E-state index in [-0.39, 0.29) is 4.90 Å². The smallest absolute Gasteiger partial charge is 0.211 e. The van der Waals surface area contributed by atoms with Crippen LogP contribution in [-0.2, 0) is 10.0 Å². The molecule has 0 unspecified atom stereocenters. The molecule has 2 aromatic carbocycles. The summed E-state index contributed by atoms with van der Waals surface area (Å²) in [7, 11) is -3.47. The molecule has 3 aromatic rings. The number of aromatic nitrogens is 2. The van der Waals surface area contributed by atoms with Crippen LogP contribution < -0.4 is 4.72 Å². The lowest BCUT2D eigenvalue weighted by atomic mass is 10.3. The Balaban J connectivity index is 1.58. The molecule has 9 heteroatoms. The number of benzene rings is 2. The Morgan fingerprint density at radius 3 is 2.40 bits per heavy atom. The fraction of sp³-hybridized carbons (Fsp3) is 0.125. The van der Waals surface area contributed by atoms with Crippen molar-refractivity contribution in [3.63, 3.8) is 0 Å². The molecule has 5 nitrogen and oxygen atoms in total. The minimum absolute atomic E-state index is 0.268. The van der Waals surface area contributed by atoms with Crippen molar-refractivity contribution in [2.24, 2.45) is 0 Å². The zero-order valence-corrected chi connectivity index (χ0v) is 16.3. The van der Waals surface area contributed by atoms with Crippen LogP contribution in [0.4, 0.5) is 0 Å². The van der Waals surface area contributed by atoms with E-state index in [1.807, 2.05) is 30.3 Å². The highest BCUT2D eigenvalue weighted by Crippen LogP contribution is 2.23. The second-order valence-electron chi connectivity index (χ2n) is 4.94. The summed E-state index contributed by atoms with van der Waals surface area (Å²) in [6.45, 7) is 0.319. The molecule has 1 aromatic heterocycles. The van der Waals surface area contributed by atoms with Crippen molar-refractivity contribution in [2.45, 2.75) is 9.24 Å². The van der Waals surface area contributed by atoms with Crippen LogP contribution in [0.5, 0.6) is 0 Å². The molecule has 0 bridgehead atoms. The third-order valence-corrected chi connectivity index (χ3v) is 7.05. The average molecular weight is 410 g/mol. The molecule has 25 heavy (non-hydrogen) atoms. The number of nitrogens with one attached hydrogen (secondary N) is 1. The zero-order chi connectivity index (χ0) is 17.7. The largest absolute Gasteiger partial charge is 0.240 e. The third kappa shape index (κ3) is 4.77. The van der Waals surface area contributed by atoms with E-state index < -0.39 is 10.0 Å². The molecule has 3 rings (SSSR count). The lowest BCUT2D eigenvalue weighted by Crippen LogP contribution is -2.25. The molecular weight excluding hydrogens is 394 g/mol. The number of hydrogen-bond donors (Lipinski definition) is 1. The van der Waals surface area contributed by atoms with Crippen LogP contribution in [0.2, 0.25) is 0 Å². The summed E-state index contributed by atoms with van der Waals surface area (Å²) in [5.74, 6) is 0.573. The van der Waals surface area contributed by atoms with Crippen LogP contribution in [0.3, 0.4) is 0 Å². The van der Waals surface area contributed by atoms with Gasteiger partial charge in [-0.05, 0) is 36.5 Å². The molecule has 1 N–H and O–H groups in total. The van der Waals surface area contributed by atoms with Crippen LogP contribution in [0, 0.1) is 3.95 Å².